The molecule has 0 unspecified atom stereocenters. The first kappa shape index (κ1) is 21.8. The number of nitrogens with zero attached hydrogens (tertiary/aromatic N) is 2. The van der Waals surface area contributed by atoms with Gasteiger partial charge in [0.2, 0.25) is 5.91 Å². The van der Waals surface area contributed by atoms with Gasteiger partial charge in [-0.15, -0.1) is 0 Å². The van der Waals surface area contributed by atoms with Crippen molar-refractivity contribution in [2.75, 3.05) is 19.7 Å². The molecule has 1 aliphatic heterocycles. The summed E-state index contributed by atoms with van der Waals surface area (Å²) in [5.74, 6) is -0.537. The van der Waals surface area contributed by atoms with Gasteiger partial charge in [-0.3, -0.25) is 14.5 Å². The predicted octanol–water partition coefficient (Wildman–Crippen LogP) is 4.22. The normalized spacial score (nSPS) is 26.7. The standard InChI is InChI=1S/C23H33FN2O3/c1-4-14-25(15-5-2)22(28)20-16-29-23(12-10-17(3)11-13-23)26(20)21(27)18-8-6-7-9-19(18)24/h6-9,17,20H,4-5,10-16H2,1-3H3/t17?,20-,23?/m1/s1. The molecule has 5 nitrogen and oxygen atoms in total. The maximum atomic E-state index is 14.5. The van der Waals surface area contributed by atoms with Crippen LogP contribution in [0.5, 0.6) is 0 Å². The molecule has 1 heterocycles. The van der Waals surface area contributed by atoms with Crippen LogP contribution < -0.4 is 0 Å². The monoisotopic (exact) mass is 404 g/mol. The zero-order valence-corrected chi connectivity index (χ0v) is 17.8. The van der Waals surface area contributed by atoms with Gasteiger partial charge in [0, 0.05) is 13.1 Å². The third kappa shape index (κ3) is 4.32. The molecule has 160 valence electrons. The Morgan fingerprint density at radius 1 is 1.17 bits per heavy atom. The van der Waals surface area contributed by atoms with E-state index >= 15 is 0 Å². The molecule has 1 aliphatic carbocycles. The van der Waals surface area contributed by atoms with Crippen molar-refractivity contribution in [2.45, 2.75) is 71.1 Å². The SMILES string of the molecule is CCCN(CCC)C(=O)[C@H]1COC2(CCC(C)CC2)N1C(=O)c1ccccc1F. The van der Waals surface area contributed by atoms with Gasteiger partial charge in [-0.1, -0.05) is 32.9 Å². The Bertz CT molecular complexity index is 725. The maximum Gasteiger partial charge on any atom is 0.259 e. The molecule has 2 aliphatic rings. The fraction of sp³-hybridized carbons (Fsp3) is 0.652. The largest absolute Gasteiger partial charge is 0.353 e. The molecule has 6 heteroatoms. The van der Waals surface area contributed by atoms with Gasteiger partial charge < -0.3 is 9.64 Å². The van der Waals surface area contributed by atoms with E-state index in [1.165, 1.54) is 12.1 Å². The van der Waals surface area contributed by atoms with Crippen molar-refractivity contribution in [2.24, 2.45) is 5.92 Å². The van der Waals surface area contributed by atoms with E-state index in [2.05, 4.69) is 6.92 Å². The molecule has 2 fully saturated rings. The van der Waals surface area contributed by atoms with Crippen LogP contribution in [0.25, 0.3) is 0 Å². The average Bonchev–Trinajstić information content (AvgIpc) is 3.08. The molecule has 0 N–H and O–H groups in total. The summed E-state index contributed by atoms with van der Waals surface area (Å²) >= 11 is 0. The first-order chi connectivity index (χ1) is 13.9. The Labute approximate surface area is 173 Å². The lowest BCUT2D eigenvalue weighted by Gasteiger charge is -2.43. The number of carbonyl (C=O) groups is 2. The molecule has 1 saturated carbocycles. The van der Waals surface area contributed by atoms with E-state index in [-0.39, 0.29) is 18.1 Å². The Hall–Kier alpha value is -1.95. The van der Waals surface area contributed by atoms with Crippen molar-refractivity contribution >= 4 is 11.8 Å². The van der Waals surface area contributed by atoms with Crippen LogP contribution >= 0.6 is 0 Å². The van der Waals surface area contributed by atoms with Crippen molar-refractivity contribution in [1.82, 2.24) is 9.80 Å². The minimum atomic E-state index is -0.809. The van der Waals surface area contributed by atoms with Crippen LogP contribution in [-0.4, -0.2) is 53.1 Å². The summed E-state index contributed by atoms with van der Waals surface area (Å²) in [7, 11) is 0. The van der Waals surface area contributed by atoms with Crippen molar-refractivity contribution in [3.63, 3.8) is 0 Å². The van der Waals surface area contributed by atoms with Crippen LogP contribution in [0.3, 0.4) is 0 Å². The molecule has 1 atom stereocenters. The Kier molecular flexibility index (Phi) is 6.93. The zero-order valence-electron chi connectivity index (χ0n) is 17.8. The Balaban J connectivity index is 1.96. The van der Waals surface area contributed by atoms with Gasteiger partial charge >= 0.3 is 0 Å². The molecule has 2 amide bonds. The van der Waals surface area contributed by atoms with Crippen molar-refractivity contribution in [3.8, 4) is 0 Å². The van der Waals surface area contributed by atoms with Gasteiger partial charge in [0.05, 0.1) is 12.2 Å². The van der Waals surface area contributed by atoms with Gasteiger partial charge in [-0.2, -0.15) is 0 Å². The second kappa shape index (κ2) is 9.24. The van der Waals surface area contributed by atoms with Crippen LogP contribution in [0.1, 0.15) is 69.7 Å². The third-order valence-electron chi connectivity index (χ3n) is 6.22. The minimum Gasteiger partial charge on any atom is -0.353 e. The van der Waals surface area contributed by atoms with Crippen molar-refractivity contribution < 1.29 is 18.7 Å². The highest BCUT2D eigenvalue weighted by Gasteiger charge is 2.54. The highest BCUT2D eigenvalue weighted by atomic mass is 19.1. The van der Waals surface area contributed by atoms with Crippen LogP contribution in [0.15, 0.2) is 24.3 Å². The Morgan fingerprint density at radius 2 is 1.79 bits per heavy atom. The molecule has 1 spiro atoms. The zero-order chi connectivity index (χ0) is 21.0. The van der Waals surface area contributed by atoms with E-state index < -0.39 is 23.5 Å². The number of rotatable bonds is 6. The summed E-state index contributed by atoms with van der Waals surface area (Å²) in [6.45, 7) is 7.74. The first-order valence-electron chi connectivity index (χ1n) is 10.9. The molecule has 0 radical (unpaired) electrons. The number of hydrogen-bond donors (Lipinski definition) is 0. The lowest BCUT2D eigenvalue weighted by Crippen LogP contribution is -2.57. The number of ether oxygens (including phenoxy) is 1. The molecule has 0 aromatic heterocycles. The van der Waals surface area contributed by atoms with Crippen LogP contribution in [-0.2, 0) is 9.53 Å². The van der Waals surface area contributed by atoms with E-state index in [9.17, 15) is 14.0 Å². The lowest BCUT2D eigenvalue weighted by molar-refractivity contribution is -0.137. The predicted molar refractivity (Wildman–Crippen MR) is 110 cm³/mol. The van der Waals surface area contributed by atoms with Gasteiger partial charge in [-0.05, 0) is 56.6 Å². The third-order valence-corrected chi connectivity index (χ3v) is 6.22. The molecular weight excluding hydrogens is 371 g/mol. The summed E-state index contributed by atoms with van der Waals surface area (Å²) in [5.41, 5.74) is -0.803. The van der Waals surface area contributed by atoms with E-state index in [0.717, 1.165) is 25.7 Å². The summed E-state index contributed by atoms with van der Waals surface area (Å²) in [6.07, 6.45) is 4.91. The minimum absolute atomic E-state index is 0.00586. The van der Waals surface area contributed by atoms with Crippen molar-refractivity contribution in [1.29, 1.82) is 0 Å². The Morgan fingerprint density at radius 3 is 2.38 bits per heavy atom. The van der Waals surface area contributed by atoms with E-state index in [0.29, 0.717) is 31.8 Å². The quantitative estimate of drug-likeness (QED) is 0.713. The fourth-order valence-electron chi connectivity index (χ4n) is 4.62. The second-order valence-corrected chi connectivity index (χ2v) is 8.44. The summed E-state index contributed by atoms with van der Waals surface area (Å²) in [5, 5.41) is 0. The van der Waals surface area contributed by atoms with Crippen LogP contribution in [0.4, 0.5) is 4.39 Å². The van der Waals surface area contributed by atoms with Gasteiger partial charge in [0.1, 0.15) is 17.6 Å². The highest BCUT2D eigenvalue weighted by Crippen LogP contribution is 2.43. The first-order valence-corrected chi connectivity index (χ1v) is 10.9. The molecule has 3 rings (SSSR count). The number of benzene rings is 1. The smallest absolute Gasteiger partial charge is 0.259 e. The number of carbonyl (C=O) groups excluding carboxylic acids is 2. The second-order valence-electron chi connectivity index (χ2n) is 8.44. The molecule has 29 heavy (non-hydrogen) atoms. The maximum absolute atomic E-state index is 14.5. The van der Waals surface area contributed by atoms with Gasteiger partial charge in [-0.25, -0.2) is 4.39 Å². The summed E-state index contributed by atoms with van der Waals surface area (Å²) in [6, 6.07) is 5.30. The van der Waals surface area contributed by atoms with E-state index in [1.807, 2.05) is 18.7 Å². The molecular formula is C23H33FN2O3. The van der Waals surface area contributed by atoms with Gasteiger partial charge in [0.25, 0.3) is 5.91 Å². The van der Waals surface area contributed by atoms with Crippen LogP contribution in [0.2, 0.25) is 0 Å². The van der Waals surface area contributed by atoms with Crippen LogP contribution in [0, 0.1) is 11.7 Å². The molecule has 1 aromatic rings. The summed E-state index contributed by atoms with van der Waals surface area (Å²) < 4.78 is 20.7. The number of amides is 2. The van der Waals surface area contributed by atoms with Gasteiger partial charge in [0.15, 0.2) is 0 Å². The summed E-state index contributed by atoms with van der Waals surface area (Å²) in [4.78, 5) is 30.3. The van der Waals surface area contributed by atoms with E-state index in [4.69, 9.17) is 4.74 Å². The highest BCUT2D eigenvalue weighted by molar-refractivity contribution is 5.98. The number of halogens is 1. The molecule has 1 saturated heterocycles. The van der Waals surface area contributed by atoms with E-state index in [1.54, 1.807) is 17.0 Å². The number of hydrogen-bond acceptors (Lipinski definition) is 3. The average molecular weight is 405 g/mol. The fourth-order valence-corrected chi connectivity index (χ4v) is 4.62. The molecule has 0 bridgehead atoms. The topological polar surface area (TPSA) is 49.9 Å². The lowest BCUT2D eigenvalue weighted by atomic mass is 9.83. The molecule has 1 aromatic carbocycles. The van der Waals surface area contributed by atoms with Crippen molar-refractivity contribution in [3.05, 3.63) is 35.6 Å².